The Kier molecular flexibility index (Phi) is 4.65. The molecular formula is C12H15BN3O3. The van der Waals surface area contributed by atoms with Gasteiger partial charge in [-0.1, -0.05) is 12.1 Å². The maximum absolute atomic E-state index is 10.6. The largest absolute Gasteiger partial charge is 0.338 e. The summed E-state index contributed by atoms with van der Waals surface area (Å²) >= 11 is 0. The van der Waals surface area contributed by atoms with Crippen molar-refractivity contribution >= 4 is 19.3 Å². The summed E-state index contributed by atoms with van der Waals surface area (Å²) in [5, 5.41) is 10.6. The van der Waals surface area contributed by atoms with E-state index in [0.29, 0.717) is 0 Å². The van der Waals surface area contributed by atoms with Crippen molar-refractivity contribution in [1.29, 1.82) is 0 Å². The Balaban J connectivity index is 1.85. The van der Waals surface area contributed by atoms with Gasteiger partial charge in [0.2, 0.25) is 0 Å². The van der Waals surface area contributed by atoms with Gasteiger partial charge in [0.1, 0.15) is 0 Å². The standard InChI is InChI=1S/C12H15BN3O3/c17-10-13-15-7-5-14(6-8-15)9-11-1-3-12(4-2-11)16(18)19/h1-4,10H,5-9H2. The Hall–Kier alpha value is -1.73. The summed E-state index contributed by atoms with van der Waals surface area (Å²) in [5.41, 5.74) is 1.19. The van der Waals surface area contributed by atoms with Crippen molar-refractivity contribution in [1.82, 2.24) is 9.71 Å². The fraction of sp³-hybridized carbons (Fsp3) is 0.417. The third-order valence-corrected chi connectivity index (χ3v) is 3.23. The zero-order valence-electron chi connectivity index (χ0n) is 10.6. The van der Waals surface area contributed by atoms with Gasteiger partial charge in [0.15, 0.2) is 0 Å². The molecule has 0 amide bonds. The predicted octanol–water partition coefficient (Wildman–Crippen LogP) is 0.522. The number of non-ortho nitro benzene ring substituents is 1. The zero-order chi connectivity index (χ0) is 13.7. The molecule has 1 aromatic rings. The van der Waals surface area contributed by atoms with Crippen LogP contribution in [0.25, 0.3) is 0 Å². The Morgan fingerprint density at radius 2 is 1.84 bits per heavy atom. The second kappa shape index (κ2) is 6.44. The molecule has 1 aliphatic rings. The number of nitro benzene ring substituents is 1. The SMILES string of the molecule is O=C[B]N1CCN(Cc2ccc([N+](=O)[O-])cc2)CC1. The molecule has 1 aromatic carbocycles. The van der Waals surface area contributed by atoms with E-state index in [2.05, 4.69) is 4.90 Å². The summed E-state index contributed by atoms with van der Waals surface area (Å²) in [6.07, 6.45) is 0.811. The van der Waals surface area contributed by atoms with Crippen molar-refractivity contribution in [2.75, 3.05) is 26.2 Å². The number of piperazine rings is 1. The molecule has 0 spiro atoms. The quantitative estimate of drug-likeness (QED) is 0.334. The molecular weight excluding hydrogens is 245 g/mol. The maximum Gasteiger partial charge on any atom is 0.293 e. The third kappa shape index (κ3) is 3.87. The van der Waals surface area contributed by atoms with Crippen LogP contribution in [0.1, 0.15) is 5.56 Å². The van der Waals surface area contributed by atoms with Gasteiger partial charge >= 0.3 is 0 Å². The van der Waals surface area contributed by atoms with E-state index < -0.39 is 4.92 Å². The molecule has 1 radical (unpaired) electrons. The number of carbonyl (C=O) groups is 1. The van der Waals surface area contributed by atoms with Crippen LogP contribution in [0.5, 0.6) is 0 Å². The molecule has 0 aliphatic carbocycles. The lowest BCUT2D eigenvalue weighted by molar-refractivity contribution is -0.384. The van der Waals surface area contributed by atoms with Crippen LogP contribution >= 0.6 is 0 Å². The van der Waals surface area contributed by atoms with Crippen LogP contribution in [0.3, 0.4) is 0 Å². The fourth-order valence-corrected chi connectivity index (χ4v) is 2.14. The molecule has 1 fully saturated rings. The van der Waals surface area contributed by atoms with Gasteiger partial charge in [-0.2, -0.15) is 0 Å². The highest BCUT2D eigenvalue weighted by Gasteiger charge is 2.17. The molecule has 0 N–H and O–H groups in total. The zero-order valence-corrected chi connectivity index (χ0v) is 10.6. The van der Waals surface area contributed by atoms with Crippen molar-refractivity contribution in [3.63, 3.8) is 0 Å². The Morgan fingerprint density at radius 1 is 1.21 bits per heavy atom. The normalized spacial score (nSPS) is 17.1. The lowest BCUT2D eigenvalue weighted by Gasteiger charge is -2.33. The first-order valence-corrected chi connectivity index (χ1v) is 6.17. The van der Waals surface area contributed by atoms with E-state index in [-0.39, 0.29) is 5.69 Å². The first-order chi connectivity index (χ1) is 9.19. The van der Waals surface area contributed by atoms with Gasteiger partial charge in [-0.15, -0.1) is 0 Å². The summed E-state index contributed by atoms with van der Waals surface area (Å²) in [6.45, 7) is 4.24. The molecule has 1 saturated heterocycles. The highest BCUT2D eigenvalue weighted by atomic mass is 16.6. The molecule has 0 saturated carbocycles. The van der Waals surface area contributed by atoms with Crippen LogP contribution in [0.15, 0.2) is 24.3 Å². The summed E-state index contributed by atoms with van der Waals surface area (Å²) in [4.78, 5) is 24.8. The third-order valence-electron chi connectivity index (χ3n) is 3.23. The molecule has 0 atom stereocenters. The maximum atomic E-state index is 10.6. The minimum Gasteiger partial charge on any atom is -0.338 e. The van der Waals surface area contributed by atoms with Crippen LogP contribution in [0.2, 0.25) is 0 Å². The second-order valence-electron chi connectivity index (χ2n) is 4.52. The van der Waals surface area contributed by atoms with Gasteiger partial charge in [0.25, 0.3) is 13.1 Å². The molecule has 0 unspecified atom stereocenters. The number of hydrogen-bond acceptors (Lipinski definition) is 5. The van der Waals surface area contributed by atoms with E-state index in [0.717, 1.165) is 44.5 Å². The average Bonchev–Trinajstić information content (AvgIpc) is 2.42. The van der Waals surface area contributed by atoms with Crippen molar-refractivity contribution in [3.05, 3.63) is 39.9 Å². The van der Waals surface area contributed by atoms with Crippen molar-refractivity contribution in [2.24, 2.45) is 0 Å². The van der Waals surface area contributed by atoms with E-state index in [4.69, 9.17) is 0 Å². The second-order valence-corrected chi connectivity index (χ2v) is 4.52. The number of rotatable bonds is 5. The molecule has 0 bridgehead atoms. The summed E-state index contributed by atoms with van der Waals surface area (Å²) in [5.74, 6) is 0. The van der Waals surface area contributed by atoms with E-state index in [9.17, 15) is 14.9 Å². The van der Waals surface area contributed by atoms with E-state index >= 15 is 0 Å². The highest BCUT2D eigenvalue weighted by molar-refractivity contribution is 6.64. The van der Waals surface area contributed by atoms with Crippen molar-refractivity contribution in [2.45, 2.75) is 6.54 Å². The Morgan fingerprint density at radius 3 is 2.37 bits per heavy atom. The predicted molar refractivity (Wildman–Crippen MR) is 72.5 cm³/mol. The average molecular weight is 260 g/mol. The first-order valence-electron chi connectivity index (χ1n) is 6.17. The lowest BCUT2D eigenvalue weighted by atomic mass is 9.93. The molecule has 7 heteroatoms. The van der Waals surface area contributed by atoms with Gasteiger partial charge in [0, 0.05) is 44.9 Å². The molecule has 6 nitrogen and oxygen atoms in total. The van der Waals surface area contributed by atoms with Gasteiger partial charge in [0.05, 0.1) is 11.1 Å². The lowest BCUT2D eigenvalue weighted by Crippen LogP contribution is -2.47. The molecule has 1 aliphatic heterocycles. The van der Waals surface area contributed by atoms with Gasteiger partial charge in [-0.25, -0.2) is 0 Å². The van der Waals surface area contributed by atoms with E-state index in [1.807, 2.05) is 4.81 Å². The number of nitro groups is 1. The van der Waals surface area contributed by atoms with E-state index in [1.165, 1.54) is 12.1 Å². The molecule has 0 aromatic heterocycles. The monoisotopic (exact) mass is 260 g/mol. The van der Waals surface area contributed by atoms with Crippen LogP contribution in [0, 0.1) is 10.1 Å². The topological polar surface area (TPSA) is 66.7 Å². The molecule has 1 heterocycles. The van der Waals surface area contributed by atoms with Crippen LogP contribution in [-0.4, -0.2) is 54.4 Å². The fourth-order valence-electron chi connectivity index (χ4n) is 2.14. The first kappa shape index (κ1) is 13.7. The van der Waals surface area contributed by atoms with Gasteiger partial charge < -0.3 is 9.61 Å². The van der Waals surface area contributed by atoms with Crippen LogP contribution < -0.4 is 0 Å². The number of benzene rings is 1. The van der Waals surface area contributed by atoms with Gasteiger partial charge in [-0.3, -0.25) is 15.0 Å². The minimum atomic E-state index is -0.391. The summed E-state index contributed by atoms with van der Waals surface area (Å²) < 4.78 is 0. The minimum absolute atomic E-state index is 0.120. The van der Waals surface area contributed by atoms with Crippen LogP contribution in [-0.2, 0) is 11.3 Å². The van der Waals surface area contributed by atoms with Crippen LogP contribution in [0.4, 0.5) is 5.69 Å². The van der Waals surface area contributed by atoms with Crippen molar-refractivity contribution < 1.29 is 9.72 Å². The van der Waals surface area contributed by atoms with E-state index in [1.54, 1.807) is 19.5 Å². The van der Waals surface area contributed by atoms with Gasteiger partial charge in [-0.05, 0) is 5.56 Å². The Bertz CT molecular complexity index is 444. The molecule has 99 valence electrons. The summed E-state index contributed by atoms with van der Waals surface area (Å²) in [6, 6.07) is 6.65. The number of carbonyl (C=O) groups excluding carboxylic acids is 1. The number of nitrogens with zero attached hydrogens (tertiary/aromatic N) is 3. The smallest absolute Gasteiger partial charge is 0.293 e. The Labute approximate surface area is 112 Å². The summed E-state index contributed by atoms with van der Waals surface area (Å²) in [7, 11) is 1.57. The highest BCUT2D eigenvalue weighted by Crippen LogP contribution is 2.14. The molecule has 19 heavy (non-hydrogen) atoms. The number of hydrogen-bond donors (Lipinski definition) is 0. The van der Waals surface area contributed by atoms with Crippen molar-refractivity contribution in [3.8, 4) is 0 Å². The molecule has 2 rings (SSSR count).